The maximum Gasteiger partial charge on any atom is 0.165 e. The number of allylic oxidation sites excluding steroid dienone is 4. The lowest BCUT2D eigenvalue weighted by Crippen LogP contribution is -2.39. The molecule has 0 aromatic rings. The summed E-state index contributed by atoms with van der Waals surface area (Å²) < 4.78 is 1.99. The van der Waals surface area contributed by atoms with E-state index < -0.39 is 0 Å². The normalized spacial score (nSPS) is 30.6. The summed E-state index contributed by atoms with van der Waals surface area (Å²) in [6.45, 7) is 10.1. The second-order valence-corrected chi connectivity index (χ2v) is 5.55. The fraction of sp³-hybridized carbons (Fsp3) is 0.500. The third-order valence-corrected chi connectivity index (χ3v) is 4.04. The lowest BCUT2D eigenvalue weighted by atomic mass is 9.63. The van der Waals surface area contributed by atoms with Gasteiger partial charge in [-0.25, -0.2) is 0 Å². The maximum absolute atomic E-state index is 12.3. The lowest BCUT2D eigenvalue weighted by Gasteiger charge is -2.39. The molecular weight excluding hydrogens is 311 g/mol. The van der Waals surface area contributed by atoms with E-state index in [0.29, 0.717) is 0 Å². The summed E-state index contributed by atoms with van der Waals surface area (Å²) in [4.78, 5) is 12.3. The summed E-state index contributed by atoms with van der Waals surface area (Å²) >= 11 is 2.20. The Kier molecular flexibility index (Phi) is 4.53. The summed E-state index contributed by atoms with van der Waals surface area (Å²) in [5, 5.41) is 0. The van der Waals surface area contributed by atoms with Crippen LogP contribution in [0.3, 0.4) is 0 Å². The Labute approximate surface area is 112 Å². The van der Waals surface area contributed by atoms with Crippen LogP contribution in [0.25, 0.3) is 0 Å². The summed E-state index contributed by atoms with van der Waals surface area (Å²) in [5.74, 6) is 0.553. The van der Waals surface area contributed by atoms with Gasteiger partial charge in [0.1, 0.15) is 0 Å². The first-order chi connectivity index (χ1) is 7.43. The highest BCUT2D eigenvalue weighted by molar-refractivity contribution is 14.1. The van der Waals surface area contributed by atoms with Gasteiger partial charge in [-0.15, -0.1) is 0 Å². The molecule has 88 valence electrons. The van der Waals surface area contributed by atoms with Crippen molar-refractivity contribution < 1.29 is 4.79 Å². The van der Waals surface area contributed by atoms with Crippen molar-refractivity contribution in [2.45, 2.75) is 33.6 Å². The Balaban J connectivity index is 3.11. The minimum Gasteiger partial charge on any atom is -0.294 e. The van der Waals surface area contributed by atoms with Gasteiger partial charge in [0.15, 0.2) is 5.78 Å². The van der Waals surface area contributed by atoms with Crippen LogP contribution in [-0.2, 0) is 4.79 Å². The smallest absolute Gasteiger partial charge is 0.165 e. The monoisotopic (exact) mass is 330 g/mol. The minimum atomic E-state index is -0.299. The molecule has 1 aliphatic carbocycles. The van der Waals surface area contributed by atoms with Crippen LogP contribution in [0.4, 0.5) is 0 Å². The number of carbonyl (C=O) groups excluding carboxylic acids is 1. The third kappa shape index (κ3) is 2.47. The van der Waals surface area contributed by atoms with Gasteiger partial charge >= 0.3 is 0 Å². The van der Waals surface area contributed by atoms with Gasteiger partial charge < -0.3 is 0 Å². The van der Waals surface area contributed by atoms with Crippen LogP contribution in [0.2, 0.25) is 0 Å². The van der Waals surface area contributed by atoms with E-state index in [9.17, 15) is 4.79 Å². The molecule has 1 nitrogen and oxygen atoms in total. The number of halogens is 1. The Morgan fingerprint density at radius 1 is 1.75 bits per heavy atom. The van der Waals surface area contributed by atoms with Crippen LogP contribution in [0.15, 0.2) is 34.0 Å². The van der Waals surface area contributed by atoms with Gasteiger partial charge in [-0.1, -0.05) is 53.8 Å². The number of rotatable bonds is 3. The van der Waals surface area contributed by atoms with Crippen molar-refractivity contribution in [3.05, 3.63) is 34.0 Å². The molecule has 0 aromatic carbocycles. The topological polar surface area (TPSA) is 17.1 Å². The van der Waals surface area contributed by atoms with Gasteiger partial charge in [0.05, 0.1) is 0 Å². The molecule has 0 aliphatic heterocycles. The molecule has 0 N–H and O–H groups in total. The average molecular weight is 330 g/mol. The van der Waals surface area contributed by atoms with Gasteiger partial charge in [0.25, 0.3) is 0 Å². The Bertz CT molecular complexity index is 365. The van der Waals surface area contributed by atoms with E-state index in [1.54, 1.807) is 0 Å². The second kappa shape index (κ2) is 5.30. The minimum absolute atomic E-state index is 0.274. The molecule has 0 aromatic heterocycles. The first kappa shape index (κ1) is 13.7. The second-order valence-electron chi connectivity index (χ2n) is 4.83. The van der Waals surface area contributed by atoms with Crippen LogP contribution < -0.4 is 0 Å². The number of carbonyl (C=O) groups is 1. The Morgan fingerprint density at radius 2 is 2.38 bits per heavy atom. The molecular formula is C14H19IO. The first-order valence-electron chi connectivity index (χ1n) is 5.55. The van der Waals surface area contributed by atoms with E-state index >= 15 is 0 Å². The van der Waals surface area contributed by atoms with Crippen LogP contribution >= 0.6 is 22.6 Å². The molecule has 2 heteroatoms. The molecule has 0 heterocycles. The molecule has 0 spiro atoms. The zero-order valence-electron chi connectivity index (χ0n) is 10.2. The van der Waals surface area contributed by atoms with Gasteiger partial charge in [0.2, 0.25) is 0 Å². The molecule has 0 amide bonds. The summed E-state index contributed by atoms with van der Waals surface area (Å²) in [7, 11) is 0. The van der Waals surface area contributed by atoms with Crippen molar-refractivity contribution in [1.82, 2.24) is 0 Å². The highest BCUT2D eigenvalue weighted by Crippen LogP contribution is 2.44. The van der Waals surface area contributed by atoms with Crippen molar-refractivity contribution in [2.75, 3.05) is 0 Å². The molecule has 2 atom stereocenters. The van der Waals surface area contributed by atoms with E-state index in [-0.39, 0.29) is 17.1 Å². The molecule has 0 saturated heterocycles. The number of Topliss-reactive ketones (excluding diaryl/α,β-unsaturated/α-hetero) is 1. The summed E-state index contributed by atoms with van der Waals surface area (Å²) in [5.41, 5.74) is 1.72. The van der Waals surface area contributed by atoms with Crippen LogP contribution in [0, 0.1) is 11.3 Å². The van der Waals surface area contributed by atoms with Crippen molar-refractivity contribution in [3.8, 4) is 0 Å². The molecule has 0 bridgehead atoms. The van der Waals surface area contributed by atoms with Gasteiger partial charge in [-0.2, -0.15) is 0 Å². The molecule has 0 radical (unpaired) electrons. The molecule has 0 saturated carbocycles. The van der Waals surface area contributed by atoms with E-state index in [0.717, 1.165) is 24.0 Å². The van der Waals surface area contributed by atoms with Crippen LogP contribution in [0.5, 0.6) is 0 Å². The standard InChI is InChI=1S/C14H19IO/c1-10(2)12-7-6-11(3)13(16)14(12,4)8-5-9-15/h5-6,9,12H,1,7-8H2,2-4H3/b9-5+. The van der Waals surface area contributed by atoms with E-state index in [1.807, 2.05) is 17.9 Å². The van der Waals surface area contributed by atoms with E-state index in [2.05, 4.69) is 48.2 Å². The fourth-order valence-corrected chi connectivity index (χ4v) is 2.78. The highest BCUT2D eigenvalue weighted by atomic mass is 127. The maximum atomic E-state index is 12.3. The quantitative estimate of drug-likeness (QED) is 0.552. The Hall–Kier alpha value is -0.380. The third-order valence-electron chi connectivity index (χ3n) is 3.53. The highest BCUT2D eigenvalue weighted by Gasteiger charge is 2.42. The van der Waals surface area contributed by atoms with Gasteiger partial charge in [-0.3, -0.25) is 4.79 Å². The molecule has 1 rings (SSSR count). The predicted molar refractivity (Wildman–Crippen MR) is 77.6 cm³/mol. The van der Waals surface area contributed by atoms with Crippen molar-refractivity contribution >= 4 is 28.4 Å². The Morgan fingerprint density at radius 3 is 2.88 bits per heavy atom. The zero-order valence-corrected chi connectivity index (χ0v) is 12.4. The van der Waals surface area contributed by atoms with Crippen molar-refractivity contribution in [2.24, 2.45) is 11.3 Å². The number of hydrogen-bond acceptors (Lipinski definition) is 1. The summed E-state index contributed by atoms with van der Waals surface area (Å²) in [6, 6.07) is 0. The zero-order chi connectivity index (χ0) is 12.3. The lowest BCUT2D eigenvalue weighted by molar-refractivity contribution is -0.126. The van der Waals surface area contributed by atoms with Crippen molar-refractivity contribution in [1.29, 1.82) is 0 Å². The van der Waals surface area contributed by atoms with Gasteiger partial charge in [0, 0.05) is 5.41 Å². The molecule has 1 aliphatic rings. The number of hydrogen-bond donors (Lipinski definition) is 0. The van der Waals surface area contributed by atoms with E-state index in [1.165, 1.54) is 0 Å². The van der Waals surface area contributed by atoms with Crippen LogP contribution in [0.1, 0.15) is 33.6 Å². The number of ketones is 1. The van der Waals surface area contributed by atoms with E-state index in [4.69, 9.17) is 0 Å². The summed E-state index contributed by atoms with van der Waals surface area (Å²) in [6.07, 6.45) is 5.88. The molecule has 2 unspecified atom stereocenters. The van der Waals surface area contributed by atoms with Crippen molar-refractivity contribution in [3.63, 3.8) is 0 Å². The first-order valence-corrected chi connectivity index (χ1v) is 6.80. The van der Waals surface area contributed by atoms with Crippen LogP contribution in [-0.4, -0.2) is 5.78 Å². The fourth-order valence-electron chi connectivity index (χ4n) is 2.53. The SMILES string of the molecule is C=C(C)C1CC=C(C)C(=O)C1(C)C/C=C/I. The largest absolute Gasteiger partial charge is 0.294 e. The average Bonchev–Trinajstić information content (AvgIpc) is 2.23. The molecule has 0 fully saturated rings. The molecule has 16 heavy (non-hydrogen) atoms. The van der Waals surface area contributed by atoms with Gasteiger partial charge in [-0.05, 0) is 42.3 Å². The predicted octanol–water partition coefficient (Wildman–Crippen LogP) is 4.44.